The molecule has 1 saturated heterocycles. The van der Waals surface area contributed by atoms with Crippen molar-refractivity contribution in [3.8, 4) is 5.75 Å². The van der Waals surface area contributed by atoms with Crippen LogP contribution in [0, 0.1) is 0 Å². The molecule has 1 aliphatic heterocycles. The highest BCUT2D eigenvalue weighted by Gasteiger charge is 2.26. The number of amides is 1. The lowest BCUT2D eigenvalue weighted by Crippen LogP contribution is -2.53. The van der Waals surface area contributed by atoms with Gasteiger partial charge < -0.3 is 14.5 Å². The molecule has 140 valence electrons. The number of ether oxygens (including phenoxy) is 1. The first kappa shape index (κ1) is 18.6. The summed E-state index contributed by atoms with van der Waals surface area (Å²) in [5.41, 5.74) is 1.91. The summed E-state index contributed by atoms with van der Waals surface area (Å²) >= 11 is 0. The second-order valence-corrected chi connectivity index (χ2v) is 7.04. The number of methoxy groups -OCH3 is 1. The number of aromatic nitrogens is 1. The van der Waals surface area contributed by atoms with Gasteiger partial charge in [-0.15, -0.1) is 0 Å². The molecule has 1 aromatic carbocycles. The van der Waals surface area contributed by atoms with E-state index in [9.17, 15) is 4.79 Å². The number of nitrogens with zero attached hydrogens (tertiary/aromatic N) is 4. The molecule has 1 aromatic heterocycles. The fraction of sp³-hybridized carbons (Fsp3) is 0.500. The van der Waals surface area contributed by atoms with E-state index in [1.54, 1.807) is 13.3 Å². The number of likely N-dealkylation sites (N-methyl/N-ethyl adjacent to an activating group) is 2. The molecule has 0 aliphatic carbocycles. The Balaban J connectivity index is 1.74. The summed E-state index contributed by atoms with van der Waals surface area (Å²) in [5, 5.41) is 1.03. The van der Waals surface area contributed by atoms with Gasteiger partial charge in [-0.05, 0) is 31.7 Å². The molecule has 26 heavy (non-hydrogen) atoms. The van der Waals surface area contributed by atoms with Crippen LogP contribution in [0.1, 0.15) is 12.5 Å². The van der Waals surface area contributed by atoms with Crippen molar-refractivity contribution in [2.45, 2.75) is 19.5 Å². The summed E-state index contributed by atoms with van der Waals surface area (Å²) in [6, 6.07) is 7.79. The molecule has 1 atom stereocenters. The molecule has 0 N–H and O–H groups in total. The Bertz CT molecular complexity index is 771. The Kier molecular flexibility index (Phi) is 5.74. The van der Waals surface area contributed by atoms with Crippen LogP contribution in [-0.4, -0.2) is 79.0 Å². The first-order valence-electron chi connectivity index (χ1n) is 9.09. The van der Waals surface area contributed by atoms with Crippen LogP contribution in [0.3, 0.4) is 0 Å². The molecule has 6 nitrogen and oxygen atoms in total. The van der Waals surface area contributed by atoms with Gasteiger partial charge in [-0.3, -0.25) is 14.7 Å². The van der Waals surface area contributed by atoms with Crippen molar-refractivity contribution < 1.29 is 9.53 Å². The number of rotatable bonds is 5. The van der Waals surface area contributed by atoms with Gasteiger partial charge in [0.25, 0.3) is 0 Å². The maximum Gasteiger partial charge on any atom is 0.239 e. The van der Waals surface area contributed by atoms with Crippen LogP contribution in [-0.2, 0) is 11.3 Å². The standard InChI is InChI=1S/C20H28N4O2/c1-15(24-12-10-22(2)11-13-24)20(25)23(3)14-16-7-8-18(26-4)19-17(16)6-5-9-21-19/h5-9,15H,10-14H2,1-4H3/t15-/m0/s1. The lowest BCUT2D eigenvalue weighted by molar-refractivity contribution is -0.136. The maximum atomic E-state index is 12.9. The molecule has 0 bridgehead atoms. The van der Waals surface area contributed by atoms with E-state index in [4.69, 9.17) is 4.74 Å². The van der Waals surface area contributed by atoms with Crippen LogP contribution in [0.2, 0.25) is 0 Å². The second kappa shape index (κ2) is 8.01. The summed E-state index contributed by atoms with van der Waals surface area (Å²) in [6.45, 7) is 6.46. The minimum atomic E-state index is -0.101. The van der Waals surface area contributed by atoms with E-state index in [-0.39, 0.29) is 11.9 Å². The van der Waals surface area contributed by atoms with Gasteiger partial charge in [-0.25, -0.2) is 0 Å². The monoisotopic (exact) mass is 356 g/mol. The van der Waals surface area contributed by atoms with Crippen molar-refractivity contribution in [2.75, 3.05) is 47.4 Å². The molecule has 3 rings (SSSR count). The Labute approximate surface area is 155 Å². The summed E-state index contributed by atoms with van der Waals surface area (Å²) in [6.07, 6.45) is 1.76. The van der Waals surface area contributed by atoms with Crippen LogP contribution >= 0.6 is 0 Å². The third-order valence-electron chi connectivity index (χ3n) is 5.27. The van der Waals surface area contributed by atoms with Crippen LogP contribution in [0.5, 0.6) is 5.75 Å². The number of fused-ring (bicyclic) bond motifs is 1. The number of hydrogen-bond acceptors (Lipinski definition) is 5. The zero-order valence-corrected chi connectivity index (χ0v) is 16.1. The molecular formula is C20H28N4O2. The predicted molar refractivity (Wildman–Crippen MR) is 103 cm³/mol. The average molecular weight is 356 g/mol. The Morgan fingerprint density at radius 1 is 1.27 bits per heavy atom. The van der Waals surface area contributed by atoms with Crippen LogP contribution in [0.4, 0.5) is 0 Å². The first-order chi connectivity index (χ1) is 12.5. The zero-order chi connectivity index (χ0) is 18.7. The lowest BCUT2D eigenvalue weighted by Gasteiger charge is -2.37. The van der Waals surface area contributed by atoms with Crippen molar-refractivity contribution >= 4 is 16.8 Å². The minimum Gasteiger partial charge on any atom is -0.494 e. The summed E-state index contributed by atoms with van der Waals surface area (Å²) in [5.74, 6) is 0.909. The third-order valence-corrected chi connectivity index (χ3v) is 5.27. The molecule has 1 fully saturated rings. The highest BCUT2D eigenvalue weighted by molar-refractivity contribution is 5.88. The molecule has 2 aromatic rings. The fourth-order valence-electron chi connectivity index (χ4n) is 3.53. The largest absolute Gasteiger partial charge is 0.494 e. The first-order valence-corrected chi connectivity index (χ1v) is 9.09. The van der Waals surface area contributed by atoms with Gasteiger partial charge in [0.1, 0.15) is 11.3 Å². The number of carbonyl (C=O) groups is 1. The molecule has 1 amide bonds. The SMILES string of the molecule is COc1ccc(CN(C)C(=O)[C@H](C)N2CCN(C)CC2)c2cccnc12. The van der Waals surface area contributed by atoms with Gasteiger partial charge in [-0.2, -0.15) is 0 Å². The van der Waals surface area contributed by atoms with Crippen molar-refractivity contribution in [3.05, 3.63) is 36.0 Å². The molecule has 0 unspecified atom stereocenters. The maximum absolute atomic E-state index is 12.9. The topological polar surface area (TPSA) is 48.9 Å². The van der Waals surface area contributed by atoms with Crippen LogP contribution in [0.15, 0.2) is 30.5 Å². The fourth-order valence-corrected chi connectivity index (χ4v) is 3.53. The smallest absolute Gasteiger partial charge is 0.239 e. The number of hydrogen-bond donors (Lipinski definition) is 0. The van der Waals surface area contributed by atoms with E-state index >= 15 is 0 Å². The highest BCUT2D eigenvalue weighted by Crippen LogP contribution is 2.27. The van der Waals surface area contributed by atoms with Gasteiger partial charge >= 0.3 is 0 Å². The van der Waals surface area contributed by atoms with Gasteiger partial charge in [0.15, 0.2) is 0 Å². The van der Waals surface area contributed by atoms with Gasteiger partial charge in [0.05, 0.1) is 13.2 Å². The molecule has 0 saturated carbocycles. The molecular weight excluding hydrogens is 328 g/mol. The summed E-state index contributed by atoms with van der Waals surface area (Å²) in [4.78, 5) is 23.7. The Hall–Kier alpha value is -2.18. The zero-order valence-electron chi connectivity index (χ0n) is 16.1. The third kappa shape index (κ3) is 3.81. The molecule has 2 heterocycles. The Morgan fingerprint density at radius 2 is 2.00 bits per heavy atom. The molecule has 0 spiro atoms. The summed E-state index contributed by atoms with van der Waals surface area (Å²) in [7, 11) is 5.65. The van der Waals surface area contributed by atoms with Crippen molar-refractivity contribution in [3.63, 3.8) is 0 Å². The van der Waals surface area contributed by atoms with E-state index in [1.165, 1.54) is 0 Å². The van der Waals surface area contributed by atoms with Gasteiger partial charge in [-0.1, -0.05) is 12.1 Å². The molecule has 0 radical (unpaired) electrons. The normalized spacial score (nSPS) is 17.2. The number of piperazine rings is 1. The number of benzene rings is 1. The quantitative estimate of drug-likeness (QED) is 0.818. The molecule has 1 aliphatic rings. The molecule has 6 heteroatoms. The van der Waals surface area contributed by atoms with E-state index in [1.807, 2.05) is 43.1 Å². The van der Waals surface area contributed by atoms with E-state index < -0.39 is 0 Å². The van der Waals surface area contributed by atoms with E-state index in [0.29, 0.717) is 6.54 Å². The minimum absolute atomic E-state index is 0.101. The summed E-state index contributed by atoms with van der Waals surface area (Å²) < 4.78 is 5.41. The van der Waals surface area contributed by atoms with Crippen molar-refractivity contribution in [2.24, 2.45) is 0 Å². The van der Waals surface area contributed by atoms with Gasteiger partial charge in [0.2, 0.25) is 5.91 Å². The number of carbonyl (C=O) groups excluding carboxylic acids is 1. The lowest BCUT2D eigenvalue weighted by atomic mass is 10.1. The van der Waals surface area contributed by atoms with Gasteiger partial charge in [0, 0.05) is 51.4 Å². The van der Waals surface area contributed by atoms with Crippen LogP contribution in [0.25, 0.3) is 10.9 Å². The van der Waals surface area contributed by atoms with E-state index in [0.717, 1.165) is 48.4 Å². The average Bonchev–Trinajstić information content (AvgIpc) is 2.67. The van der Waals surface area contributed by atoms with Crippen molar-refractivity contribution in [1.29, 1.82) is 0 Å². The van der Waals surface area contributed by atoms with E-state index in [2.05, 4.69) is 21.8 Å². The van der Waals surface area contributed by atoms with Crippen molar-refractivity contribution in [1.82, 2.24) is 19.7 Å². The number of pyridine rings is 1. The van der Waals surface area contributed by atoms with Crippen LogP contribution < -0.4 is 4.74 Å². The highest BCUT2D eigenvalue weighted by atomic mass is 16.5. The Morgan fingerprint density at radius 3 is 2.69 bits per heavy atom. The predicted octanol–water partition coefficient (Wildman–Crippen LogP) is 1.84. The second-order valence-electron chi connectivity index (χ2n) is 7.04.